The highest BCUT2D eigenvalue weighted by atomic mass is 16.7. The molecule has 0 saturated heterocycles. The molecule has 0 fully saturated rings. The van der Waals surface area contributed by atoms with Gasteiger partial charge in [0.15, 0.2) is 0 Å². The number of likely N-dealkylation sites (N-methyl/N-ethyl adjacent to an activating group) is 1. The van der Waals surface area contributed by atoms with Crippen molar-refractivity contribution < 1.29 is 14.4 Å². The zero-order valence-electron chi connectivity index (χ0n) is 10.1. The Kier molecular flexibility index (Phi) is 3.18. The third kappa shape index (κ3) is 1.99. The van der Waals surface area contributed by atoms with Gasteiger partial charge < -0.3 is 4.90 Å². The summed E-state index contributed by atoms with van der Waals surface area (Å²) in [6, 6.07) is -0.434. The van der Waals surface area contributed by atoms with Gasteiger partial charge in [-0.25, -0.2) is 20.1 Å². The van der Waals surface area contributed by atoms with E-state index < -0.39 is 11.6 Å². The Labute approximate surface area is 94.0 Å². The maximum absolute atomic E-state index is 11.7. The topological polar surface area (TPSA) is 74.2 Å². The molecule has 1 heterocycles. The highest BCUT2D eigenvalue weighted by Crippen LogP contribution is 2.21. The molecule has 1 N–H and O–H groups in total. The molecule has 90 valence electrons. The van der Waals surface area contributed by atoms with Crippen LogP contribution in [0.3, 0.4) is 0 Å². The lowest BCUT2D eigenvalue weighted by Gasteiger charge is -2.23. The van der Waals surface area contributed by atoms with Gasteiger partial charge in [-0.05, 0) is 13.8 Å². The summed E-state index contributed by atoms with van der Waals surface area (Å²) in [5.74, 6) is -0.316. The molecule has 1 unspecified atom stereocenters. The predicted molar refractivity (Wildman–Crippen MR) is 57.6 cm³/mol. The summed E-state index contributed by atoms with van der Waals surface area (Å²) in [6.45, 7) is 3.23. The van der Waals surface area contributed by atoms with Crippen molar-refractivity contribution in [2.24, 2.45) is 5.10 Å². The second-order valence-electron chi connectivity index (χ2n) is 3.95. The first-order chi connectivity index (χ1) is 7.29. The van der Waals surface area contributed by atoms with Gasteiger partial charge in [0.2, 0.25) is 5.60 Å². The lowest BCUT2D eigenvalue weighted by molar-refractivity contribution is -0.148. The summed E-state index contributed by atoms with van der Waals surface area (Å²) in [4.78, 5) is 29.5. The third-order valence-electron chi connectivity index (χ3n) is 2.44. The molecule has 1 rings (SSSR count). The Morgan fingerprint density at radius 2 is 2.12 bits per heavy atom. The average Bonchev–Trinajstić information content (AvgIpc) is 2.40. The summed E-state index contributed by atoms with van der Waals surface area (Å²) >= 11 is 0. The largest absolute Gasteiger partial charge is 0.340 e. The maximum atomic E-state index is 11.7. The van der Waals surface area contributed by atoms with Gasteiger partial charge in [-0.1, -0.05) is 0 Å². The van der Waals surface area contributed by atoms with E-state index in [9.17, 15) is 9.59 Å². The van der Waals surface area contributed by atoms with Gasteiger partial charge in [-0.3, -0.25) is 4.79 Å². The van der Waals surface area contributed by atoms with Gasteiger partial charge in [-0.15, -0.1) is 0 Å². The first-order valence-electron chi connectivity index (χ1n) is 4.78. The van der Waals surface area contributed by atoms with Crippen LogP contribution in [0, 0.1) is 0 Å². The number of hydrogen-bond donors (Lipinski definition) is 1. The smallest absolute Gasteiger partial charge is 0.329 e. The Bertz CT molecular complexity index is 353. The molecule has 0 radical (unpaired) electrons. The fourth-order valence-corrected chi connectivity index (χ4v) is 1.18. The second-order valence-corrected chi connectivity index (χ2v) is 3.95. The van der Waals surface area contributed by atoms with Crippen LogP contribution in [0.5, 0.6) is 0 Å². The molecular formula is C9H16N4O3. The average molecular weight is 228 g/mol. The van der Waals surface area contributed by atoms with E-state index in [1.54, 1.807) is 27.9 Å². The fourth-order valence-electron chi connectivity index (χ4n) is 1.18. The SMILES string of the molecule is CC1=NN(C)C(=O)C1(C)ONC(=O)N(C)C. The number of nitrogens with one attached hydrogen (secondary N) is 1. The minimum absolute atomic E-state index is 0.316. The van der Waals surface area contributed by atoms with Gasteiger partial charge in [-0.2, -0.15) is 5.10 Å². The van der Waals surface area contributed by atoms with Crippen molar-refractivity contribution in [2.75, 3.05) is 21.1 Å². The monoisotopic (exact) mass is 228 g/mol. The van der Waals surface area contributed by atoms with E-state index in [1.807, 2.05) is 0 Å². The van der Waals surface area contributed by atoms with Crippen molar-refractivity contribution >= 4 is 17.6 Å². The molecule has 0 aromatic heterocycles. The quantitative estimate of drug-likeness (QED) is 0.665. The van der Waals surface area contributed by atoms with Crippen LogP contribution in [0.15, 0.2) is 5.10 Å². The number of hydrogen-bond acceptors (Lipinski definition) is 4. The summed E-state index contributed by atoms with van der Waals surface area (Å²) in [5, 5.41) is 5.15. The Morgan fingerprint density at radius 3 is 2.50 bits per heavy atom. The molecule has 7 heteroatoms. The minimum Gasteiger partial charge on any atom is -0.329 e. The Balaban J connectivity index is 2.70. The normalized spacial score (nSPS) is 24.4. The number of amides is 3. The van der Waals surface area contributed by atoms with E-state index in [2.05, 4.69) is 10.6 Å². The summed E-state index contributed by atoms with van der Waals surface area (Å²) in [5.41, 5.74) is 1.48. The van der Waals surface area contributed by atoms with Crippen LogP contribution in [0.25, 0.3) is 0 Å². The highest BCUT2D eigenvalue weighted by Gasteiger charge is 2.46. The molecule has 0 spiro atoms. The standard InChI is InChI=1S/C9H16N4O3/c1-6-9(2,7(14)13(5)10-6)16-11-8(15)12(3)4/h1-5H3,(H,11,15). The van der Waals surface area contributed by atoms with Crippen molar-refractivity contribution in [3.63, 3.8) is 0 Å². The van der Waals surface area contributed by atoms with E-state index in [-0.39, 0.29) is 5.91 Å². The van der Waals surface area contributed by atoms with E-state index in [0.717, 1.165) is 0 Å². The molecule has 16 heavy (non-hydrogen) atoms. The molecule has 1 aliphatic rings. The van der Waals surface area contributed by atoms with E-state index in [4.69, 9.17) is 4.84 Å². The summed E-state index contributed by atoms with van der Waals surface area (Å²) in [7, 11) is 4.68. The molecule has 0 aromatic carbocycles. The van der Waals surface area contributed by atoms with Crippen LogP contribution in [-0.4, -0.2) is 54.3 Å². The minimum atomic E-state index is -1.22. The van der Waals surface area contributed by atoms with Crippen molar-refractivity contribution in [1.29, 1.82) is 0 Å². The number of urea groups is 1. The molecule has 1 aliphatic heterocycles. The predicted octanol–water partition coefficient (Wildman–Crippen LogP) is -0.204. The van der Waals surface area contributed by atoms with Crippen LogP contribution >= 0.6 is 0 Å². The number of hydroxylamine groups is 1. The number of carbonyl (C=O) groups is 2. The third-order valence-corrected chi connectivity index (χ3v) is 2.44. The maximum Gasteiger partial charge on any atom is 0.340 e. The van der Waals surface area contributed by atoms with E-state index in [1.165, 1.54) is 17.0 Å². The lowest BCUT2D eigenvalue weighted by Crippen LogP contribution is -2.50. The van der Waals surface area contributed by atoms with E-state index >= 15 is 0 Å². The number of carbonyl (C=O) groups excluding carboxylic acids is 2. The van der Waals surface area contributed by atoms with Crippen molar-refractivity contribution in [2.45, 2.75) is 19.4 Å². The van der Waals surface area contributed by atoms with Crippen LogP contribution in [-0.2, 0) is 9.63 Å². The Hall–Kier alpha value is -1.63. The number of hydrazone groups is 1. The molecule has 0 aliphatic carbocycles. The van der Waals surface area contributed by atoms with Crippen LogP contribution in [0.4, 0.5) is 4.79 Å². The lowest BCUT2D eigenvalue weighted by atomic mass is 10.0. The second kappa shape index (κ2) is 4.09. The fraction of sp³-hybridized carbons (Fsp3) is 0.667. The van der Waals surface area contributed by atoms with Gasteiger partial charge in [0.1, 0.15) is 0 Å². The van der Waals surface area contributed by atoms with E-state index in [0.29, 0.717) is 5.71 Å². The highest BCUT2D eigenvalue weighted by molar-refractivity contribution is 6.14. The van der Waals surface area contributed by atoms with Crippen molar-refractivity contribution in [3.05, 3.63) is 0 Å². The molecule has 1 atom stereocenters. The number of nitrogens with zero attached hydrogens (tertiary/aromatic N) is 3. The van der Waals surface area contributed by atoms with Gasteiger partial charge in [0.05, 0.1) is 5.71 Å². The van der Waals surface area contributed by atoms with Gasteiger partial charge in [0, 0.05) is 21.1 Å². The molecule has 3 amide bonds. The van der Waals surface area contributed by atoms with Crippen molar-refractivity contribution in [1.82, 2.24) is 15.4 Å². The van der Waals surface area contributed by atoms with Crippen molar-refractivity contribution in [3.8, 4) is 0 Å². The molecular weight excluding hydrogens is 212 g/mol. The zero-order valence-corrected chi connectivity index (χ0v) is 10.1. The molecule has 7 nitrogen and oxygen atoms in total. The van der Waals surface area contributed by atoms with Crippen LogP contribution in [0.2, 0.25) is 0 Å². The number of rotatable bonds is 2. The summed E-state index contributed by atoms with van der Waals surface area (Å²) < 4.78 is 0. The summed E-state index contributed by atoms with van der Waals surface area (Å²) in [6.07, 6.45) is 0. The molecule has 0 bridgehead atoms. The molecule has 0 saturated carbocycles. The zero-order chi connectivity index (χ0) is 12.5. The first-order valence-corrected chi connectivity index (χ1v) is 4.78. The van der Waals surface area contributed by atoms with Crippen LogP contribution in [0.1, 0.15) is 13.8 Å². The van der Waals surface area contributed by atoms with Gasteiger partial charge >= 0.3 is 6.03 Å². The molecule has 0 aromatic rings. The van der Waals surface area contributed by atoms with Gasteiger partial charge in [0.25, 0.3) is 5.91 Å². The van der Waals surface area contributed by atoms with Crippen LogP contribution < -0.4 is 5.48 Å². The Morgan fingerprint density at radius 1 is 1.56 bits per heavy atom. The first kappa shape index (κ1) is 12.4.